The van der Waals surface area contributed by atoms with Gasteiger partial charge in [-0.25, -0.2) is 0 Å². The molecule has 0 spiro atoms. The largest absolute Gasteiger partial charge is 0.497 e. The summed E-state index contributed by atoms with van der Waals surface area (Å²) in [5.41, 5.74) is 8.82. The molecule has 0 saturated heterocycles. The monoisotopic (exact) mass is 696 g/mol. The normalized spacial score (nSPS) is 11.6. The SMILES string of the molecule is CC(CCc1ccccc1)=NN=C(c1ccccc1)c1ccccc1.CCC(=NN=C(C(=O)c1ccccc1)c1ccccc1)c1ccc(OC)cc1. The Morgan fingerprint density at radius 1 is 0.509 bits per heavy atom. The number of methoxy groups -OCH3 is 1. The molecule has 264 valence electrons. The smallest absolute Gasteiger partial charge is 0.213 e. The summed E-state index contributed by atoms with van der Waals surface area (Å²) < 4.78 is 5.21. The van der Waals surface area contributed by atoms with Crippen LogP contribution in [0.4, 0.5) is 0 Å². The molecule has 0 heterocycles. The molecule has 0 aliphatic carbocycles. The van der Waals surface area contributed by atoms with Crippen LogP contribution in [0, 0.1) is 0 Å². The lowest BCUT2D eigenvalue weighted by Gasteiger charge is -2.07. The number of hydrogen-bond acceptors (Lipinski definition) is 6. The van der Waals surface area contributed by atoms with Crippen LogP contribution in [0.2, 0.25) is 0 Å². The number of carbonyl (C=O) groups is 1. The second-order valence-electron chi connectivity index (χ2n) is 12.1. The predicted octanol–water partition coefficient (Wildman–Crippen LogP) is 10.7. The average molecular weight is 697 g/mol. The lowest BCUT2D eigenvalue weighted by molar-refractivity contribution is 0.106. The van der Waals surface area contributed by atoms with Crippen molar-refractivity contribution in [3.05, 3.63) is 209 Å². The number of ketones is 1. The Morgan fingerprint density at radius 2 is 0.981 bits per heavy atom. The summed E-state index contributed by atoms with van der Waals surface area (Å²) in [6, 6.07) is 57.1. The highest BCUT2D eigenvalue weighted by atomic mass is 16.5. The van der Waals surface area contributed by atoms with Crippen LogP contribution in [0.3, 0.4) is 0 Å². The molecular formula is C47H44N4O2. The molecule has 6 rings (SSSR count). The first-order valence-electron chi connectivity index (χ1n) is 17.8. The number of carbonyl (C=O) groups excluding carboxylic acids is 1. The van der Waals surface area contributed by atoms with Gasteiger partial charge in [-0.15, -0.1) is 10.2 Å². The molecule has 0 aromatic heterocycles. The van der Waals surface area contributed by atoms with Crippen molar-refractivity contribution in [2.45, 2.75) is 33.1 Å². The highest BCUT2D eigenvalue weighted by molar-refractivity contribution is 6.51. The lowest BCUT2D eigenvalue weighted by Crippen LogP contribution is -2.16. The standard InChI is InChI=1S/C24H22N2O2.C23H22N2/c1-3-22(18-14-16-21(28-2)17-15-18)25-26-23(19-10-6-4-7-11-19)24(27)20-12-8-5-9-13-20;1-19(17-18-20-11-5-2-6-12-20)24-25-23(21-13-7-3-8-14-21)22-15-9-4-10-16-22/h4-17H,3H2,1-2H3;2-16H,17-18H2,1H3. The number of ether oxygens (including phenoxy) is 1. The van der Waals surface area contributed by atoms with Crippen LogP contribution in [-0.2, 0) is 6.42 Å². The fourth-order valence-electron chi connectivity index (χ4n) is 5.41. The van der Waals surface area contributed by atoms with E-state index in [1.165, 1.54) is 5.56 Å². The first kappa shape index (κ1) is 37.7. The van der Waals surface area contributed by atoms with Crippen LogP contribution < -0.4 is 4.74 Å². The Hall–Kier alpha value is -6.53. The van der Waals surface area contributed by atoms with E-state index in [4.69, 9.17) is 4.74 Å². The molecule has 0 aliphatic rings. The van der Waals surface area contributed by atoms with Gasteiger partial charge < -0.3 is 4.74 Å². The predicted molar refractivity (Wildman–Crippen MR) is 220 cm³/mol. The van der Waals surface area contributed by atoms with Crippen molar-refractivity contribution < 1.29 is 9.53 Å². The Kier molecular flexibility index (Phi) is 14.5. The number of rotatable bonds is 13. The van der Waals surface area contributed by atoms with E-state index in [1.54, 1.807) is 19.2 Å². The minimum atomic E-state index is -0.152. The maximum Gasteiger partial charge on any atom is 0.213 e. The van der Waals surface area contributed by atoms with Crippen LogP contribution in [0.1, 0.15) is 64.9 Å². The molecule has 6 aromatic rings. The summed E-state index contributed by atoms with van der Waals surface area (Å²) in [5.74, 6) is 0.632. The van der Waals surface area contributed by atoms with Crippen LogP contribution in [-0.4, -0.2) is 35.7 Å². The summed E-state index contributed by atoms with van der Waals surface area (Å²) >= 11 is 0. The third kappa shape index (κ3) is 11.5. The van der Waals surface area contributed by atoms with Gasteiger partial charge in [-0.3, -0.25) is 4.79 Å². The maximum absolute atomic E-state index is 13.0. The highest BCUT2D eigenvalue weighted by Crippen LogP contribution is 2.16. The van der Waals surface area contributed by atoms with E-state index >= 15 is 0 Å². The van der Waals surface area contributed by atoms with E-state index in [0.717, 1.165) is 58.0 Å². The van der Waals surface area contributed by atoms with Crippen molar-refractivity contribution in [3.8, 4) is 5.75 Å². The summed E-state index contributed by atoms with van der Waals surface area (Å²) in [7, 11) is 1.63. The lowest BCUT2D eigenvalue weighted by atomic mass is 10.0. The van der Waals surface area contributed by atoms with Gasteiger partial charge in [0.1, 0.15) is 17.2 Å². The zero-order valence-corrected chi connectivity index (χ0v) is 30.5. The Bertz CT molecular complexity index is 2090. The van der Waals surface area contributed by atoms with E-state index in [1.807, 2.05) is 129 Å². The van der Waals surface area contributed by atoms with Crippen molar-refractivity contribution in [2.24, 2.45) is 20.4 Å². The molecule has 0 radical (unpaired) electrons. The minimum Gasteiger partial charge on any atom is -0.497 e. The van der Waals surface area contributed by atoms with Crippen molar-refractivity contribution in [2.75, 3.05) is 7.11 Å². The number of aryl methyl sites for hydroxylation is 1. The van der Waals surface area contributed by atoms with Crippen LogP contribution in [0.15, 0.2) is 196 Å². The average Bonchev–Trinajstić information content (AvgIpc) is 3.24. The highest BCUT2D eigenvalue weighted by Gasteiger charge is 2.16. The Morgan fingerprint density at radius 3 is 1.47 bits per heavy atom. The molecule has 0 N–H and O–H groups in total. The third-order valence-corrected chi connectivity index (χ3v) is 8.36. The first-order valence-corrected chi connectivity index (χ1v) is 17.8. The fraction of sp³-hybridized carbons (Fsp3) is 0.128. The molecule has 0 aliphatic heterocycles. The quantitative estimate of drug-likeness (QED) is 0.0685. The minimum absolute atomic E-state index is 0.152. The van der Waals surface area contributed by atoms with Crippen molar-refractivity contribution in [3.63, 3.8) is 0 Å². The zero-order chi connectivity index (χ0) is 37.1. The molecule has 0 amide bonds. The van der Waals surface area contributed by atoms with Gasteiger partial charge in [-0.2, -0.15) is 10.2 Å². The molecule has 0 unspecified atom stereocenters. The Labute approximate surface area is 313 Å². The summed E-state index contributed by atoms with van der Waals surface area (Å²) in [4.78, 5) is 13.0. The second-order valence-corrected chi connectivity index (χ2v) is 12.1. The van der Waals surface area contributed by atoms with Crippen LogP contribution in [0.25, 0.3) is 0 Å². The number of hydrogen-bond donors (Lipinski definition) is 0. The number of Topliss-reactive ketones (excluding diaryl/α,β-unsaturated/α-hetero) is 1. The third-order valence-electron chi connectivity index (χ3n) is 8.36. The van der Waals surface area contributed by atoms with E-state index in [-0.39, 0.29) is 5.78 Å². The van der Waals surface area contributed by atoms with Crippen molar-refractivity contribution >= 4 is 28.6 Å². The molecule has 6 heteroatoms. The molecule has 0 bridgehead atoms. The molecule has 53 heavy (non-hydrogen) atoms. The van der Waals surface area contributed by atoms with Crippen LogP contribution in [0.5, 0.6) is 5.75 Å². The number of benzene rings is 6. The van der Waals surface area contributed by atoms with Gasteiger partial charge in [0.25, 0.3) is 0 Å². The van der Waals surface area contributed by atoms with Gasteiger partial charge in [0.15, 0.2) is 0 Å². The summed E-state index contributed by atoms with van der Waals surface area (Å²) in [6.07, 6.45) is 2.58. The number of nitrogens with zero attached hydrogens (tertiary/aromatic N) is 4. The molecule has 0 saturated carbocycles. The zero-order valence-electron chi connectivity index (χ0n) is 30.5. The van der Waals surface area contributed by atoms with Crippen LogP contribution >= 0.6 is 0 Å². The first-order chi connectivity index (χ1) is 26.1. The maximum atomic E-state index is 13.0. The topological polar surface area (TPSA) is 75.7 Å². The van der Waals surface area contributed by atoms with E-state index in [2.05, 4.69) is 68.9 Å². The fourth-order valence-corrected chi connectivity index (χ4v) is 5.41. The van der Waals surface area contributed by atoms with Crippen molar-refractivity contribution in [1.29, 1.82) is 0 Å². The summed E-state index contributed by atoms with van der Waals surface area (Å²) in [5, 5.41) is 17.9. The molecular weight excluding hydrogens is 653 g/mol. The van der Waals surface area contributed by atoms with Gasteiger partial charge >= 0.3 is 0 Å². The van der Waals surface area contributed by atoms with E-state index in [9.17, 15) is 4.79 Å². The van der Waals surface area contributed by atoms with Gasteiger partial charge in [0.05, 0.1) is 12.8 Å². The molecule has 6 nitrogen and oxygen atoms in total. The molecule has 0 fully saturated rings. The summed E-state index contributed by atoms with van der Waals surface area (Å²) in [6.45, 7) is 4.06. The molecule has 6 aromatic carbocycles. The molecule has 0 atom stereocenters. The second kappa shape index (κ2) is 20.4. The van der Waals surface area contributed by atoms with E-state index < -0.39 is 0 Å². The Balaban J connectivity index is 0.000000206. The van der Waals surface area contributed by atoms with Gasteiger partial charge in [-0.05, 0) is 61.6 Å². The van der Waals surface area contributed by atoms with E-state index in [0.29, 0.717) is 17.7 Å². The van der Waals surface area contributed by atoms with Crippen molar-refractivity contribution in [1.82, 2.24) is 0 Å². The van der Waals surface area contributed by atoms with Gasteiger partial charge in [-0.1, -0.05) is 159 Å². The van der Waals surface area contributed by atoms with Gasteiger partial charge in [0, 0.05) is 28.0 Å². The van der Waals surface area contributed by atoms with Gasteiger partial charge in [0.2, 0.25) is 5.78 Å².